The smallest absolute Gasteiger partial charge is 0.352 e. The second-order valence-electron chi connectivity index (χ2n) is 9.26. The minimum atomic E-state index is -4.64. The lowest BCUT2D eigenvalue weighted by atomic mass is 9.68. The van der Waals surface area contributed by atoms with Crippen molar-refractivity contribution in [1.29, 1.82) is 0 Å². The van der Waals surface area contributed by atoms with E-state index in [0.29, 0.717) is 30.8 Å². The molecule has 1 saturated heterocycles. The van der Waals surface area contributed by atoms with E-state index in [9.17, 15) is 22.8 Å². The van der Waals surface area contributed by atoms with Crippen LogP contribution in [0.25, 0.3) is 0 Å². The molecule has 2 aliphatic rings. The third kappa shape index (κ3) is 5.25. The van der Waals surface area contributed by atoms with Crippen LogP contribution in [0.5, 0.6) is 0 Å². The Labute approximate surface area is 175 Å². The Kier molecular flexibility index (Phi) is 6.95. The summed E-state index contributed by atoms with van der Waals surface area (Å²) in [6, 6.07) is 1.84. The average molecular weight is 428 g/mol. The van der Waals surface area contributed by atoms with Crippen LogP contribution in [0.2, 0.25) is 0 Å². The molecule has 1 spiro atoms. The molecule has 3 rings (SSSR count). The third-order valence-corrected chi connectivity index (χ3v) is 6.50. The Bertz CT molecular complexity index is 813. The first kappa shape index (κ1) is 22.8. The van der Waals surface area contributed by atoms with E-state index in [-0.39, 0.29) is 12.1 Å². The Balaban J connectivity index is 1.68. The van der Waals surface area contributed by atoms with Gasteiger partial charge in [-0.2, -0.15) is 13.2 Å². The molecule has 1 aromatic heterocycles. The molecular formula is C22H32F3N3O2. The highest BCUT2D eigenvalue weighted by Gasteiger charge is 2.42. The molecule has 8 heteroatoms. The van der Waals surface area contributed by atoms with Crippen LogP contribution in [0, 0.1) is 11.3 Å². The number of hydrogen-bond donors (Lipinski definition) is 1. The largest absolute Gasteiger partial charge is 0.431 e. The zero-order valence-electron chi connectivity index (χ0n) is 17.9. The zero-order valence-corrected chi connectivity index (χ0v) is 17.9. The maximum absolute atomic E-state index is 13.5. The van der Waals surface area contributed by atoms with Crippen molar-refractivity contribution in [2.45, 2.75) is 65.1 Å². The van der Waals surface area contributed by atoms with Gasteiger partial charge in [-0.15, -0.1) is 0 Å². The molecule has 1 aliphatic carbocycles. The number of pyridine rings is 1. The van der Waals surface area contributed by atoms with E-state index in [4.69, 9.17) is 0 Å². The zero-order chi connectivity index (χ0) is 21.9. The van der Waals surface area contributed by atoms with Crippen molar-refractivity contribution >= 4 is 5.91 Å². The highest BCUT2D eigenvalue weighted by molar-refractivity contribution is 5.93. The van der Waals surface area contributed by atoms with E-state index >= 15 is 0 Å². The van der Waals surface area contributed by atoms with Crippen LogP contribution in [-0.4, -0.2) is 41.6 Å². The van der Waals surface area contributed by atoms with Crippen molar-refractivity contribution in [3.8, 4) is 0 Å². The maximum atomic E-state index is 13.5. The number of likely N-dealkylation sites (tertiary alicyclic amines) is 1. The van der Waals surface area contributed by atoms with E-state index in [2.05, 4.69) is 10.2 Å². The SMILES string of the molecule is CC(C)CCNC(=O)c1ccc(C(F)(F)F)n(CCCN2CCC3(CCC3)C2)c1=O. The van der Waals surface area contributed by atoms with Crippen LogP contribution < -0.4 is 10.9 Å². The summed E-state index contributed by atoms with van der Waals surface area (Å²) in [4.78, 5) is 27.4. The molecule has 0 aromatic carbocycles. The molecule has 168 valence electrons. The molecule has 0 radical (unpaired) electrons. The first-order chi connectivity index (χ1) is 14.1. The van der Waals surface area contributed by atoms with E-state index in [1.165, 1.54) is 19.3 Å². The van der Waals surface area contributed by atoms with Crippen molar-refractivity contribution in [1.82, 2.24) is 14.8 Å². The number of hydrogen-bond acceptors (Lipinski definition) is 3. The average Bonchev–Trinajstić information content (AvgIpc) is 3.06. The van der Waals surface area contributed by atoms with Crippen molar-refractivity contribution in [2.75, 3.05) is 26.2 Å². The predicted molar refractivity (Wildman–Crippen MR) is 109 cm³/mol. The van der Waals surface area contributed by atoms with Crippen molar-refractivity contribution in [3.05, 3.63) is 33.7 Å². The number of rotatable bonds is 8. The first-order valence-corrected chi connectivity index (χ1v) is 10.9. The summed E-state index contributed by atoms with van der Waals surface area (Å²) >= 11 is 0. The second-order valence-corrected chi connectivity index (χ2v) is 9.26. The molecule has 1 amide bonds. The van der Waals surface area contributed by atoms with Gasteiger partial charge in [-0.25, -0.2) is 0 Å². The lowest BCUT2D eigenvalue weighted by molar-refractivity contribution is -0.144. The second kappa shape index (κ2) is 9.12. The molecule has 1 saturated carbocycles. The molecule has 0 atom stereocenters. The Morgan fingerprint density at radius 1 is 1.20 bits per heavy atom. The van der Waals surface area contributed by atoms with Gasteiger partial charge in [0, 0.05) is 19.6 Å². The lowest BCUT2D eigenvalue weighted by Gasteiger charge is -2.38. The maximum Gasteiger partial charge on any atom is 0.431 e. The van der Waals surface area contributed by atoms with Gasteiger partial charge in [0.25, 0.3) is 11.5 Å². The molecular weight excluding hydrogens is 395 g/mol. The quantitative estimate of drug-likeness (QED) is 0.685. The Hall–Kier alpha value is -1.83. The molecule has 0 unspecified atom stereocenters. The molecule has 2 fully saturated rings. The number of aromatic nitrogens is 1. The number of nitrogens with zero attached hydrogens (tertiary/aromatic N) is 2. The van der Waals surface area contributed by atoms with Gasteiger partial charge in [0.2, 0.25) is 0 Å². The van der Waals surface area contributed by atoms with Gasteiger partial charge in [-0.1, -0.05) is 20.3 Å². The fraction of sp³-hybridized carbons (Fsp3) is 0.727. The summed E-state index contributed by atoms with van der Waals surface area (Å²) in [6.07, 6.45) is 1.45. The molecule has 2 heterocycles. The number of alkyl halides is 3. The fourth-order valence-corrected chi connectivity index (χ4v) is 4.55. The molecule has 0 bridgehead atoms. The van der Waals surface area contributed by atoms with Gasteiger partial charge in [-0.3, -0.25) is 9.59 Å². The standard InChI is InChI=1S/C22H32F3N3O2/c1-16(2)7-11-26-19(29)17-5-6-18(22(23,24)25)28(20(17)30)13-4-12-27-14-10-21(15-27)8-3-9-21/h5-6,16H,3-4,7-15H2,1-2H3,(H,26,29). The monoisotopic (exact) mass is 427 g/mol. The minimum absolute atomic E-state index is 0.0513. The fourth-order valence-electron chi connectivity index (χ4n) is 4.55. The third-order valence-electron chi connectivity index (χ3n) is 6.50. The highest BCUT2D eigenvalue weighted by Crippen LogP contribution is 2.47. The number of amides is 1. The predicted octanol–water partition coefficient (Wildman–Crippen LogP) is 3.91. The molecule has 1 aliphatic heterocycles. The van der Waals surface area contributed by atoms with Crippen LogP contribution in [0.3, 0.4) is 0 Å². The first-order valence-electron chi connectivity index (χ1n) is 10.9. The Morgan fingerprint density at radius 2 is 1.93 bits per heavy atom. The number of carbonyl (C=O) groups is 1. The number of nitrogens with one attached hydrogen (secondary N) is 1. The summed E-state index contributed by atoms with van der Waals surface area (Å²) in [5, 5.41) is 2.64. The van der Waals surface area contributed by atoms with Gasteiger partial charge in [-0.05, 0) is 68.7 Å². The normalized spacial score (nSPS) is 18.7. The summed E-state index contributed by atoms with van der Waals surface area (Å²) in [5.74, 6) is -0.242. The van der Waals surface area contributed by atoms with Gasteiger partial charge >= 0.3 is 6.18 Å². The molecule has 1 aromatic rings. The van der Waals surface area contributed by atoms with Crippen LogP contribution in [0.1, 0.15) is 68.4 Å². The Morgan fingerprint density at radius 3 is 2.50 bits per heavy atom. The van der Waals surface area contributed by atoms with Crippen LogP contribution in [-0.2, 0) is 12.7 Å². The molecule has 30 heavy (non-hydrogen) atoms. The molecule has 1 N–H and O–H groups in total. The van der Waals surface area contributed by atoms with Crippen LogP contribution in [0.15, 0.2) is 16.9 Å². The minimum Gasteiger partial charge on any atom is -0.352 e. The van der Waals surface area contributed by atoms with Crippen molar-refractivity contribution < 1.29 is 18.0 Å². The summed E-state index contributed by atoms with van der Waals surface area (Å²) < 4.78 is 41.1. The van der Waals surface area contributed by atoms with Gasteiger partial charge in [0.05, 0.1) is 0 Å². The van der Waals surface area contributed by atoms with E-state index in [1.54, 1.807) is 0 Å². The van der Waals surface area contributed by atoms with Crippen LogP contribution >= 0.6 is 0 Å². The van der Waals surface area contributed by atoms with Crippen molar-refractivity contribution in [2.24, 2.45) is 11.3 Å². The van der Waals surface area contributed by atoms with E-state index in [1.807, 2.05) is 13.8 Å². The highest BCUT2D eigenvalue weighted by atomic mass is 19.4. The summed E-state index contributed by atoms with van der Waals surface area (Å²) in [7, 11) is 0. The molecule has 5 nitrogen and oxygen atoms in total. The van der Waals surface area contributed by atoms with Gasteiger partial charge in [0.15, 0.2) is 0 Å². The summed E-state index contributed by atoms with van der Waals surface area (Å²) in [6.45, 7) is 6.98. The van der Waals surface area contributed by atoms with Gasteiger partial charge in [0.1, 0.15) is 11.3 Å². The van der Waals surface area contributed by atoms with Crippen molar-refractivity contribution in [3.63, 3.8) is 0 Å². The lowest BCUT2D eigenvalue weighted by Crippen LogP contribution is -2.37. The number of halogens is 3. The topological polar surface area (TPSA) is 54.3 Å². The van der Waals surface area contributed by atoms with E-state index < -0.39 is 23.3 Å². The van der Waals surface area contributed by atoms with Gasteiger partial charge < -0.3 is 14.8 Å². The summed E-state index contributed by atoms with van der Waals surface area (Å²) in [5.41, 5.74) is -1.67. The number of carbonyl (C=O) groups excluding carboxylic acids is 1. The van der Waals surface area contributed by atoms with E-state index in [0.717, 1.165) is 42.6 Å². The van der Waals surface area contributed by atoms with Crippen LogP contribution in [0.4, 0.5) is 13.2 Å².